The lowest BCUT2D eigenvalue weighted by atomic mass is 10.00. The fourth-order valence-corrected chi connectivity index (χ4v) is 26.6. The molecular weight excluding hydrogens is 1590 g/mol. The minimum atomic E-state index is 0.669. The van der Waals surface area contributed by atoms with Crippen LogP contribution in [0.15, 0.2) is 352 Å². The van der Waals surface area contributed by atoms with Crippen LogP contribution in [-0.2, 0) is 0 Å². The predicted molar refractivity (Wildman–Crippen MR) is 518 cm³/mol. The van der Waals surface area contributed by atoms with Crippen molar-refractivity contribution in [1.82, 2.24) is 48.6 Å². The fourth-order valence-electron chi connectivity index (χ4n) is 18.2. The van der Waals surface area contributed by atoms with Crippen LogP contribution in [-0.4, -0.2) is 48.6 Å². The first-order chi connectivity index (χ1) is 60.0. The zero-order valence-electron chi connectivity index (χ0n) is 63.9. The molecule has 564 valence electrons. The molecule has 0 radical (unpaired) electrons. The summed E-state index contributed by atoms with van der Waals surface area (Å²) < 4.78 is 22.6. The lowest BCUT2D eigenvalue weighted by Gasteiger charge is -2.13. The van der Waals surface area contributed by atoms with Crippen molar-refractivity contribution in [1.29, 1.82) is 0 Å². The highest BCUT2D eigenvalue weighted by Gasteiger charge is 2.29. The highest BCUT2D eigenvalue weighted by atomic mass is 32.1. The summed E-state index contributed by atoms with van der Waals surface area (Å²) in [5.74, 6) is 2.08. The van der Waals surface area contributed by atoms with Gasteiger partial charge in [0.1, 0.15) is 5.69 Å². The maximum atomic E-state index is 5.43. The van der Waals surface area contributed by atoms with Crippen LogP contribution >= 0.6 is 68.0 Å². The number of hydrogen-bond donors (Lipinski definition) is 0. The number of aromatic nitrogens is 10. The summed E-state index contributed by atoms with van der Waals surface area (Å²) >= 11 is 11.2. The van der Waals surface area contributed by atoms with Gasteiger partial charge in [0.15, 0.2) is 0 Å². The SMILES string of the molecule is c1ccc(-c2nc(-n3c4ccccc4c4sc5c6ccccc6sc5c43)nc3c2ccc2ccccc23)cc1.c1ccc(-c2nc(-n3c4ccccc4c4sc5c6ccccc6sc5c43)nc3c2ccc2ccccc23)nc1.c1ccc2cc(-c3nc(-n4c5ccccc5c5sc6c7ccccc7sc6c54)nc4c3ccc3ccccc34)ccc2c1. The number of hydrogen-bond acceptors (Lipinski definition) is 13. The first-order valence-electron chi connectivity index (χ1n) is 40.1. The predicted octanol–water partition coefficient (Wildman–Crippen LogP) is 30.5. The summed E-state index contributed by atoms with van der Waals surface area (Å²) in [6.07, 6.45) is 1.83. The van der Waals surface area contributed by atoms with E-state index >= 15 is 0 Å². The second kappa shape index (κ2) is 27.1. The Hall–Kier alpha value is -14.3. The van der Waals surface area contributed by atoms with E-state index in [0.717, 1.165) is 105 Å². The molecule has 121 heavy (non-hydrogen) atoms. The molecule has 10 nitrogen and oxygen atoms in total. The highest BCUT2D eigenvalue weighted by molar-refractivity contribution is 7.38. The standard InChI is InChI=1S/C38H21N3S2.C34H19N3S2.C33H18N4S2/c1-2-11-24-21-25(18-17-22(24)9-1)32-29-20-19-23-10-3-4-12-26(23)33(29)40-38(39-32)41-30-15-7-5-13-27(30)35-34(41)37-36(43-35)28-14-6-8-16-31(28)42-37;1-2-11-21(12-3-1)28-25-19-18-20-10-4-5-13-22(20)29(25)36-34(35-28)37-26-16-8-6-14-23(26)31-30(37)33-32(39-31)24-15-7-9-17-27(24)38-33;1-2-10-20-19(9-1)16-17-23-27(20)35-33(36-28(23)24-13-7-8-18-34-24)37-25-14-5-3-11-21(25)30-29(37)32-31(39-30)22-12-4-6-15-26(22)38-32/h1-21H;1-19H;1-18H. The van der Waals surface area contributed by atoms with Crippen LogP contribution in [0.3, 0.4) is 0 Å². The van der Waals surface area contributed by atoms with Crippen molar-refractivity contribution in [3.8, 4) is 51.7 Å². The second-order valence-corrected chi connectivity index (χ2v) is 36.7. The molecule has 0 saturated carbocycles. The largest absolute Gasteiger partial charge is 0.276 e. The monoisotopic (exact) mass is 1650 g/mol. The van der Waals surface area contributed by atoms with E-state index in [9.17, 15) is 0 Å². The van der Waals surface area contributed by atoms with Crippen molar-refractivity contribution < 1.29 is 0 Å². The van der Waals surface area contributed by atoms with Gasteiger partial charge in [0.2, 0.25) is 17.8 Å². The van der Waals surface area contributed by atoms with Crippen molar-refractivity contribution in [2.75, 3.05) is 0 Å². The quantitative estimate of drug-likeness (QED) is 0.153. The molecule has 0 unspecified atom stereocenters. The molecule has 28 aromatic rings. The molecule has 0 bridgehead atoms. The van der Waals surface area contributed by atoms with Gasteiger partial charge >= 0.3 is 0 Å². The van der Waals surface area contributed by atoms with E-state index in [-0.39, 0.29) is 0 Å². The molecular formula is C105H58N10S6. The minimum absolute atomic E-state index is 0.669. The topological polar surface area (TPSA) is 105 Å². The summed E-state index contributed by atoms with van der Waals surface area (Å²) in [6.45, 7) is 0. The maximum absolute atomic E-state index is 5.43. The molecule has 0 aliphatic rings. The van der Waals surface area contributed by atoms with Gasteiger partial charge in [-0.1, -0.05) is 273 Å². The molecule has 0 N–H and O–H groups in total. The molecule has 0 amide bonds. The number of thiophene rings is 6. The number of para-hydroxylation sites is 3. The van der Waals surface area contributed by atoms with E-state index in [0.29, 0.717) is 17.8 Å². The number of benzene rings is 15. The van der Waals surface area contributed by atoms with Crippen LogP contribution in [0.5, 0.6) is 0 Å². The van der Waals surface area contributed by atoms with E-state index in [1.165, 1.54) is 127 Å². The Morgan fingerprint density at radius 2 is 0.529 bits per heavy atom. The van der Waals surface area contributed by atoms with Gasteiger partial charge in [-0.3, -0.25) is 18.7 Å². The van der Waals surface area contributed by atoms with Crippen molar-refractivity contribution >= 4 is 266 Å². The molecule has 13 aromatic heterocycles. The maximum Gasteiger partial charge on any atom is 0.235 e. The Balaban J connectivity index is 0.0000000980. The van der Waals surface area contributed by atoms with E-state index in [1.54, 1.807) is 0 Å². The van der Waals surface area contributed by atoms with Crippen molar-refractivity contribution in [3.05, 3.63) is 352 Å². The average molecular weight is 1650 g/mol. The molecule has 15 aromatic carbocycles. The van der Waals surface area contributed by atoms with Crippen LogP contribution in [0.2, 0.25) is 0 Å². The molecule has 0 fully saturated rings. The fraction of sp³-hybridized carbons (Fsp3) is 0. The summed E-state index contributed by atoms with van der Waals surface area (Å²) in [5.41, 5.74) is 15.6. The average Bonchev–Trinajstić information content (AvgIpc) is 1.55. The zero-order chi connectivity index (χ0) is 79.1. The van der Waals surface area contributed by atoms with Gasteiger partial charge in [-0.2, -0.15) is 0 Å². The Kier molecular flexibility index (Phi) is 15.4. The Morgan fingerprint density at radius 3 is 0.950 bits per heavy atom. The summed E-state index contributed by atoms with van der Waals surface area (Å²) in [4.78, 5) is 36.7. The lowest BCUT2D eigenvalue weighted by Crippen LogP contribution is -2.04. The Bertz CT molecular complexity index is 8880. The van der Waals surface area contributed by atoms with Crippen LogP contribution in [0.25, 0.3) is 249 Å². The first kappa shape index (κ1) is 68.7. The van der Waals surface area contributed by atoms with Gasteiger partial charge in [0.25, 0.3) is 0 Å². The summed E-state index contributed by atoms with van der Waals surface area (Å²) in [6, 6.07) is 122. The molecule has 13 heterocycles. The normalized spacial score (nSPS) is 12.1. The van der Waals surface area contributed by atoms with Gasteiger partial charge < -0.3 is 0 Å². The van der Waals surface area contributed by atoms with Gasteiger partial charge in [0.05, 0.1) is 109 Å². The van der Waals surface area contributed by atoms with Gasteiger partial charge in [0, 0.05) is 96.1 Å². The molecule has 0 saturated heterocycles. The minimum Gasteiger partial charge on any atom is -0.276 e. The lowest BCUT2D eigenvalue weighted by molar-refractivity contribution is 1.02. The Labute approximate surface area is 711 Å². The van der Waals surface area contributed by atoms with Crippen molar-refractivity contribution in [2.24, 2.45) is 0 Å². The van der Waals surface area contributed by atoms with Gasteiger partial charge in [-0.05, 0) is 99.7 Å². The summed E-state index contributed by atoms with van der Waals surface area (Å²) in [5, 5.41) is 20.1. The first-order valence-corrected chi connectivity index (χ1v) is 45.0. The number of fused-ring (bicyclic) bond motifs is 31. The molecule has 0 spiro atoms. The van der Waals surface area contributed by atoms with Crippen molar-refractivity contribution in [2.45, 2.75) is 0 Å². The van der Waals surface area contributed by atoms with E-state index in [4.69, 9.17) is 34.9 Å². The number of rotatable bonds is 6. The van der Waals surface area contributed by atoms with Crippen LogP contribution in [0.1, 0.15) is 0 Å². The molecule has 0 aliphatic heterocycles. The summed E-state index contributed by atoms with van der Waals surface area (Å²) in [7, 11) is 0. The smallest absolute Gasteiger partial charge is 0.235 e. The molecule has 16 heteroatoms. The van der Waals surface area contributed by atoms with E-state index in [1.807, 2.05) is 92.4 Å². The van der Waals surface area contributed by atoms with Gasteiger partial charge in [-0.15, -0.1) is 68.0 Å². The third-order valence-corrected chi connectivity index (χ3v) is 31.4. The van der Waals surface area contributed by atoms with Crippen LogP contribution in [0, 0.1) is 0 Å². The third kappa shape index (κ3) is 10.6. The number of pyridine rings is 1. The number of nitrogens with zero attached hydrogens (tertiary/aromatic N) is 10. The third-order valence-electron chi connectivity index (χ3n) is 23.7. The highest BCUT2D eigenvalue weighted by Crippen LogP contribution is 2.53. The molecule has 0 aliphatic carbocycles. The van der Waals surface area contributed by atoms with E-state index < -0.39 is 0 Å². The Morgan fingerprint density at radius 1 is 0.198 bits per heavy atom. The van der Waals surface area contributed by atoms with Crippen LogP contribution < -0.4 is 0 Å². The van der Waals surface area contributed by atoms with Crippen molar-refractivity contribution in [3.63, 3.8) is 0 Å². The van der Waals surface area contributed by atoms with E-state index in [2.05, 4.69) is 341 Å². The molecule has 0 atom stereocenters. The molecule has 28 rings (SSSR count). The van der Waals surface area contributed by atoms with Crippen LogP contribution in [0.4, 0.5) is 0 Å². The second-order valence-electron chi connectivity index (χ2n) is 30.5. The van der Waals surface area contributed by atoms with Gasteiger partial charge in [-0.25, -0.2) is 29.9 Å². The zero-order valence-corrected chi connectivity index (χ0v) is 68.8.